The first kappa shape index (κ1) is 25.3. The quantitative estimate of drug-likeness (QED) is 0.359. The number of unbranched alkanes of at least 4 members (excludes halogenated alkanes) is 6. The van der Waals surface area contributed by atoms with Gasteiger partial charge in [0.05, 0.1) is 0 Å². The molecule has 0 bridgehead atoms. The van der Waals surface area contributed by atoms with E-state index in [4.69, 9.17) is 15.0 Å². The van der Waals surface area contributed by atoms with Gasteiger partial charge in [-0.15, -0.1) is 0 Å². The molecule has 8 nitrogen and oxygen atoms in total. The Morgan fingerprint density at radius 1 is 0.933 bits per heavy atom. The monoisotopic (exact) mass is 419 g/mol. The van der Waals surface area contributed by atoms with Gasteiger partial charge in [0.1, 0.15) is 0 Å². The molecule has 0 fully saturated rings. The zero-order valence-corrected chi connectivity index (χ0v) is 18.4. The predicted molar refractivity (Wildman–Crippen MR) is 122 cm³/mol. The Morgan fingerprint density at radius 2 is 1.47 bits per heavy atom. The molecule has 1 aliphatic heterocycles. The van der Waals surface area contributed by atoms with Crippen LogP contribution in [0.4, 0.5) is 4.79 Å². The summed E-state index contributed by atoms with van der Waals surface area (Å²) in [5.41, 5.74) is 0.780. The number of aliphatic imine (C=N–C) groups is 2. The molecule has 5 N–H and O–H groups in total. The third kappa shape index (κ3) is 12.6. The second kappa shape index (κ2) is 14.3. The van der Waals surface area contributed by atoms with Crippen LogP contribution in [0.1, 0.15) is 71.3 Å². The number of nitrogens with one attached hydrogen (secondary N) is 3. The maximum absolute atomic E-state index is 8.56. The van der Waals surface area contributed by atoms with Crippen LogP contribution in [0.2, 0.25) is 0 Å². The topological polar surface area (TPSA) is 118 Å². The van der Waals surface area contributed by atoms with Crippen LogP contribution < -0.4 is 16.0 Å². The van der Waals surface area contributed by atoms with E-state index in [9.17, 15) is 0 Å². The van der Waals surface area contributed by atoms with Gasteiger partial charge in [-0.1, -0.05) is 75.8 Å². The number of nitrogens with zero attached hydrogens (tertiary/aromatic N) is 2. The van der Waals surface area contributed by atoms with Crippen LogP contribution in [0.3, 0.4) is 0 Å². The predicted octanol–water partition coefficient (Wildman–Crippen LogP) is 4.39. The average Bonchev–Trinajstić information content (AvgIpc) is 2.68. The minimum atomic E-state index is -1.83. The summed E-state index contributed by atoms with van der Waals surface area (Å²) < 4.78 is 0. The minimum Gasteiger partial charge on any atom is -0.450 e. The maximum atomic E-state index is 8.56. The Labute approximate surface area is 179 Å². The van der Waals surface area contributed by atoms with E-state index >= 15 is 0 Å². The molecule has 0 spiro atoms. The fourth-order valence-electron chi connectivity index (χ4n) is 2.98. The van der Waals surface area contributed by atoms with E-state index in [1.54, 1.807) is 0 Å². The van der Waals surface area contributed by atoms with Crippen LogP contribution in [0.15, 0.2) is 40.3 Å². The second-order valence-electron chi connectivity index (χ2n) is 7.71. The molecule has 1 aromatic rings. The summed E-state index contributed by atoms with van der Waals surface area (Å²) in [6.45, 7) is 7.99. The standard InChI is InChI=1S/C21H35N5.CH2O3/c1-4-5-6-7-8-9-13-16-22-19-24-20(26-21(2,3)25-19)23-17-18-14-11-10-12-15-18;2-1(3)4/h10-12,14-15H,4-9,13,16-17H2,1-3H3,(H3,22,23,24,25,26);(H2,2,3,4). The first-order valence-electron chi connectivity index (χ1n) is 10.7. The van der Waals surface area contributed by atoms with Gasteiger partial charge in [0.2, 0.25) is 11.9 Å². The summed E-state index contributed by atoms with van der Waals surface area (Å²) in [6.07, 6.45) is 7.37. The van der Waals surface area contributed by atoms with E-state index in [1.165, 1.54) is 50.5 Å². The minimum absolute atomic E-state index is 0.452. The molecule has 2 rings (SSSR count). The summed E-state index contributed by atoms with van der Waals surface area (Å²) in [6, 6.07) is 10.3. The smallest absolute Gasteiger partial charge is 0.450 e. The summed E-state index contributed by atoms with van der Waals surface area (Å²) >= 11 is 0. The number of rotatable bonds is 10. The number of benzene rings is 1. The number of guanidine groups is 2. The third-order valence-electron chi connectivity index (χ3n) is 4.38. The van der Waals surface area contributed by atoms with Gasteiger partial charge in [-0.3, -0.25) is 5.32 Å². The van der Waals surface area contributed by atoms with Gasteiger partial charge in [0.25, 0.3) is 0 Å². The van der Waals surface area contributed by atoms with Crippen molar-refractivity contribution in [3.8, 4) is 0 Å². The molecular formula is C22H37N5O3. The van der Waals surface area contributed by atoms with Crippen LogP contribution in [0, 0.1) is 0 Å². The van der Waals surface area contributed by atoms with Gasteiger partial charge in [0, 0.05) is 13.1 Å². The maximum Gasteiger partial charge on any atom is 0.503 e. The Morgan fingerprint density at radius 3 is 2.07 bits per heavy atom. The van der Waals surface area contributed by atoms with E-state index in [0.717, 1.165) is 25.0 Å². The van der Waals surface area contributed by atoms with Crippen LogP contribution >= 0.6 is 0 Å². The highest BCUT2D eigenvalue weighted by molar-refractivity contribution is 6.00. The van der Waals surface area contributed by atoms with Crippen molar-refractivity contribution in [1.29, 1.82) is 0 Å². The third-order valence-corrected chi connectivity index (χ3v) is 4.38. The number of hydrogen-bond acceptors (Lipinski definition) is 6. The highest BCUT2D eigenvalue weighted by Gasteiger charge is 2.22. The van der Waals surface area contributed by atoms with Crippen molar-refractivity contribution in [1.82, 2.24) is 16.0 Å². The van der Waals surface area contributed by atoms with Gasteiger partial charge in [-0.25, -0.2) is 14.8 Å². The summed E-state index contributed by atoms with van der Waals surface area (Å²) in [5, 5.41) is 24.0. The Kier molecular flexibility index (Phi) is 12.0. The van der Waals surface area contributed by atoms with E-state index < -0.39 is 11.8 Å². The van der Waals surface area contributed by atoms with Gasteiger partial charge in [-0.2, -0.15) is 0 Å². The molecule has 8 heteroatoms. The zero-order valence-electron chi connectivity index (χ0n) is 18.4. The van der Waals surface area contributed by atoms with Crippen molar-refractivity contribution in [3.63, 3.8) is 0 Å². The van der Waals surface area contributed by atoms with Crippen molar-refractivity contribution in [2.24, 2.45) is 9.98 Å². The van der Waals surface area contributed by atoms with Crippen molar-refractivity contribution in [2.75, 3.05) is 6.54 Å². The molecule has 0 atom stereocenters. The number of carbonyl (C=O) groups is 1. The van der Waals surface area contributed by atoms with Crippen LogP contribution in [-0.2, 0) is 6.54 Å². The Bertz CT molecular complexity index is 671. The lowest BCUT2D eigenvalue weighted by molar-refractivity contribution is 0.137. The zero-order chi connectivity index (χ0) is 22.2. The second-order valence-corrected chi connectivity index (χ2v) is 7.71. The Balaban J connectivity index is 0.00000103. The normalized spacial score (nSPS) is 14.4. The average molecular weight is 420 g/mol. The van der Waals surface area contributed by atoms with E-state index in [2.05, 4.69) is 45.0 Å². The first-order valence-corrected chi connectivity index (χ1v) is 10.7. The highest BCUT2D eigenvalue weighted by atomic mass is 16.6. The fraction of sp³-hybridized carbons (Fsp3) is 0.591. The lowest BCUT2D eigenvalue weighted by atomic mass is 10.1. The molecule has 168 valence electrons. The van der Waals surface area contributed by atoms with E-state index in [1.807, 2.05) is 32.0 Å². The highest BCUT2D eigenvalue weighted by Crippen LogP contribution is 2.13. The van der Waals surface area contributed by atoms with Gasteiger partial charge in [-0.05, 0) is 25.8 Å². The van der Waals surface area contributed by atoms with Crippen molar-refractivity contribution in [3.05, 3.63) is 35.9 Å². The van der Waals surface area contributed by atoms with Crippen LogP contribution in [0.5, 0.6) is 0 Å². The van der Waals surface area contributed by atoms with Gasteiger partial charge in [0.15, 0.2) is 5.66 Å². The van der Waals surface area contributed by atoms with Crippen LogP contribution in [-0.4, -0.2) is 40.5 Å². The van der Waals surface area contributed by atoms with Gasteiger partial charge >= 0.3 is 6.16 Å². The molecule has 0 radical (unpaired) electrons. The fourth-order valence-corrected chi connectivity index (χ4v) is 2.98. The molecular weight excluding hydrogens is 382 g/mol. The summed E-state index contributed by atoms with van der Waals surface area (Å²) in [7, 11) is 0. The largest absolute Gasteiger partial charge is 0.503 e. The molecule has 0 aromatic heterocycles. The molecule has 0 amide bonds. The molecule has 1 aliphatic rings. The molecule has 0 saturated carbocycles. The van der Waals surface area contributed by atoms with Crippen molar-refractivity contribution in [2.45, 2.75) is 77.9 Å². The molecule has 30 heavy (non-hydrogen) atoms. The van der Waals surface area contributed by atoms with Crippen LogP contribution in [0.25, 0.3) is 0 Å². The lowest BCUT2D eigenvalue weighted by Crippen LogP contribution is -2.51. The molecule has 0 saturated heterocycles. The first-order chi connectivity index (χ1) is 14.3. The van der Waals surface area contributed by atoms with Gasteiger partial charge < -0.3 is 20.8 Å². The number of carboxylic acid groups (broad SMARTS) is 2. The summed E-state index contributed by atoms with van der Waals surface area (Å²) in [5.74, 6) is 1.59. The van der Waals surface area contributed by atoms with Crippen molar-refractivity contribution >= 4 is 18.1 Å². The molecule has 0 aliphatic carbocycles. The van der Waals surface area contributed by atoms with E-state index in [0.29, 0.717) is 0 Å². The SMILES string of the molecule is CCCCCCCCCNC1=NC(C)(C)N=C(NCc2ccccc2)N1.O=C(O)O. The van der Waals surface area contributed by atoms with E-state index in [-0.39, 0.29) is 0 Å². The molecule has 1 heterocycles. The lowest BCUT2D eigenvalue weighted by Gasteiger charge is -2.26. The number of hydrogen-bond donors (Lipinski definition) is 5. The molecule has 0 unspecified atom stereocenters. The summed E-state index contributed by atoms with van der Waals surface area (Å²) in [4.78, 5) is 17.8. The Hall–Kier alpha value is -2.77. The van der Waals surface area contributed by atoms with Crippen molar-refractivity contribution < 1.29 is 15.0 Å². The molecule has 1 aromatic carbocycles.